The minimum absolute atomic E-state index is 0.218. The lowest BCUT2D eigenvalue weighted by Crippen LogP contribution is -2.33. The molecule has 0 aliphatic carbocycles. The van der Waals surface area contributed by atoms with Crippen molar-refractivity contribution in [2.75, 3.05) is 149 Å². The number of aliphatic hydroxyl groups is 8. The van der Waals surface area contributed by atoms with E-state index in [1.807, 2.05) is 95.0 Å². The van der Waals surface area contributed by atoms with Crippen molar-refractivity contribution in [1.29, 1.82) is 0 Å². The van der Waals surface area contributed by atoms with Crippen LogP contribution in [0.15, 0.2) is 12.7 Å². The predicted molar refractivity (Wildman–Crippen MR) is 227 cm³/mol. The highest BCUT2D eigenvalue weighted by Crippen LogP contribution is 2.64. The smallest absolute Gasteiger partial charge is 0.395 e. The fourth-order valence-electron chi connectivity index (χ4n) is 3.45. The Labute approximate surface area is 362 Å². The lowest BCUT2D eigenvalue weighted by atomic mass is 10.1. The molecule has 0 radical (unpaired) electrons. The molecule has 4 atom stereocenters. The topological polar surface area (TPSA) is 428 Å². The number of rotatable bonds is 16. The molecule has 1 aliphatic heterocycles. The Bertz CT molecular complexity index is 1440. The van der Waals surface area contributed by atoms with Crippen LogP contribution in [-0.2, 0) is 27.1 Å². The number of hydrogen-bond donors (Lipinski definition) is 14. The predicted octanol–water partition coefficient (Wildman–Crippen LogP) is -4.97. The number of aromatic nitrogens is 4. The van der Waals surface area contributed by atoms with Crippen molar-refractivity contribution in [3.63, 3.8) is 0 Å². The molecule has 1 saturated heterocycles. The SMILES string of the molecule is CN(C)CCO.CN(C)CCO.CN(C)CCO.CN(C)CCO.CN(C)CCO.Nc1ncnc2c1ncn2[C@@H]1O[C@H](CO)[C@@H](O)[C@H]1O.O=P(O)(O)OP(=O)(O)OP(=O)(O)O. The number of aliphatic hydroxyl groups excluding tert-OH is 8. The van der Waals surface area contributed by atoms with E-state index in [0.717, 1.165) is 32.7 Å². The molecule has 2 aromatic heterocycles. The van der Waals surface area contributed by atoms with Crippen LogP contribution in [0.1, 0.15) is 6.23 Å². The van der Waals surface area contributed by atoms with Crippen molar-refractivity contribution in [2.45, 2.75) is 24.5 Å². The van der Waals surface area contributed by atoms with E-state index in [0.29, 0.717) is 11.2 Å². The number of nitrogen functional groups attached to an aromatic ring is 1. The Morgan fingerprint density at radius 2 is 0.952 bits per heavy atom. The van der Waals surface area contributed by atoms with E-state index in [-0.39, 0.29) is 38.9 Å². The van der Waals surface area contributed by atoms with E-state index in [2.05, 4.69) is 23.6 Å². The fourth-order valence-corrected chi connectivity index (χ4v) is 5.99. The van der Waals surface area contributed by atoms with Crippen molar-refractivity contribution in [3.05, 3.63) is 12.7 Å². The first kappa shape index (κ1) is 66.8. The second-order valence-electron chi connectivity index (χ2n) is 13.6. The van der Waals surface area contributed by atoms with E-state index in [9.17, 15) is 23.9 Å². The Morgan fingerprint density at radius 1 is 0.613 bits per heavy atom. The summed E-state index contributed by atoms with van der Waals surface area (Å²) in [4.78, 5) is 61.8. The van der Waals surface area contributed by atoms with Crippen LogP contribution in [0, 0.1) is 0 Å². The molecule has 32 heteroatoms. The van der Waals surface area contributed by atoms with Gasteiger partial charge in [-0.3, -0.25) is 4.57 Å². The maximum absolute atomic E-state index is 10.4. The van der Waals surface area contributed by atoms with E-state index in [4.69, 9.17) is 65.6 Å². The highest BCUT2D eigenvalue weighted by atomic mass is 31.3. The summed E-state index contributed by atoms with van der Waals surface area (Å²) >= 11 is 0. The third kappa shape index (κ3) is 38.6. The fraction of sp³-hybridized carbons (Fsp3) is 0.833. The molecule has 15 N–H and O–H groups in total. The second kappa shape index (κ2) is 36.4. The maximum atomic E-state index is 10.4. The number of hydrogen-bond acceptors (Lipinski definition) is 23. The number of imidazole rings is 1. The molecule has 3 rings (SSSR count). The van der Waals surface area contributed by atoms with E-state index in [1.165, 1.54) is 17.2 Å². The summed E-state index contributed by atoms with van der Waals surface area (Å²) in [6, 6.07) is 0. The quantitative estimate of drug-likeness (QED) is 0.0701. The molecule has 372 valence electrons. The summed E-state index contributed by atoms with van der Waals surface area (Å²) in [5.41, 5.74) is 6.44. The Balaban J connectivity index is -0.000000342. The van der Waals surface area contributed by atoms with Crippen LogP contribution in [0.25, 0.3) is 11.2 Å². The van der Waals surface area contributed by atoms with Gasteiger partial charge in [-0.2, -0.15) is 8.62 Å². The van der Waals surface area contributed by atoms with Gasteiger partial charge in [0.25, 0.3) is 0 Å². The zero-order valence-electron chi connectivity index (χ0n) is 36.9. The molecule has 62 heavy (non-hydrogen) atoms. The van der Waals surface area contributed by atoms with Crippen molar-refractivity contribution < 1.29 is 92.4 Å². The summed E-state index contributed by atoms with van der Waals surface area (Å²) in [6.45, 7) is 4.71. The number of ether oxygens (including phenoxy) is 1. The van der Waals surface area contributed by atoms with E-state index < -0.39 is 54.6 Å². The standard InChI is InChI=1S/C10H13N5O4.5C4H11NO.H5O10P3/c11-8-5-9(13-2-12-8)15(3-14-5)10-7(18)6(17)4(1-16)19-10;5*1-5(2)3-4-6;1-11(2,3)9-13(7,8)10-12(4,5)6/h2-4,6-7,10,16-18H,1H2,(H2,11,12,13);5*6H,3-4H2,1-2H3;(H,7,8)(H2,1,2,3)(H2,4,5,6)/t4-,6-,7-,10-;;;;;;/m1....../s1. The minimum Gasteiger partial charge on any atom is -0.395 e. The first-order chi connectivity index (χ1) is 28.4. The van der Waals surface area contributed by atoms with Gasteiger partial charge in [-0.15, -0.1) is 0 Å². The van der Waals surface area contributed by atoms with Gasteiger partial charge in [0.05, 0.1) is 46.0 Å². The molecule has 29 nitrogen and oxygen atoms in total. The number of fused-ring (bicyclic) bond motifs is 1. The molecular weight excluding hydrogens is 897 g/mol. The minimum atomic E-state index is -5.46. The van der Waals surface area contributed by atoms with Crippen molar-refractivity contribution in [1.82, 2.24) is 44.0 Å². The van der Waals surface area contributed by atoms with Crippen LogP contribution < -0.4 is 5.73 Å². The lowest BCUT2D eigenvalue weighted by molar-refractivity contribution is -0.0511. The van der Waals surface area contributed by atoms with Crippen LogP contribution in [0.4, 0.5) is 5.82 Å². The molecule has 3 heterocycles. The van der Waals surface area contributed by atoms with Gasteiger partial charge in [-0.1, -0.05) is 0 Å². The molecule has 2 aromatic rings. The van der Waals surface area contributed by atoms with Gasteiger partial charge in [0, 0.05) is 32.7 Å². The van der Waals surface area contributed by atoms with Crippen LogP contribution in [0.5, 0.6) is 0 Å². The maximum Gasteiger partial charge on any atom is 0.490 e. The number of nitrogens with two attached hydrogens (primary N) is 1. The van der Waals surface area contributed by atoms with Crippen LogP contribution >= 0.6 is 23.5 Å². The summed E-state index contributed by atoms with van der Waals surface area (Å²) in [5.74, 6) is 0.218. The van der Waals surface area contributed by atoms with E-state index in [1.54, 1.807) is 0 Å². The monoisotopic (exact) mass is 970 g/mol. The van der Waals surface area contributed by atoms with E-state index >= 15 is 0 Å². The molecule has 1 aliphatic rings. The van der Waals surface area contributed by atoms with Gasteiger partial charge in [0.1, 0.15) is 30.2 Å². The largest absolute Gasteiger partial charge is 0.490 e. The molecule has 1 fully saturated rings. The third-order valence-corrected chi connectivity index (χ3v) is 9.69. The summed E-state index contributed by atoms with van der Waals surface area (Å²) in [7, 11) is 3.10. The number of nitrogens with zero attached hydrogens (tertiary/aromatic N) is 9. The summed E-state index contributed by atoms with van der Waals surface area (Å²) in [5, 5.41) is 69.7. The van der Waals surface area contributed by atoms with Gasteiger partial charge in [-0.25, -0.2) is 28.6 Å². The first-order valence-electron chi connectivity index (χ1n) is 18.1. The average Bonchev–Trinajstić information content (AvgIpc) is 3.64. The number of phosphoric acid groups is 3. The van der Waals surface area contributed by atoms with Crippen molar-refractivity contribution in [2.24, 2.45) is 0 Å². The molecule has 0 bridgehead atoms. The lowest BCUT2D eigenvalue weighted by Gasteiger charge is -2.16. The molecule has 0 unspecified atom stereocenters. The molecule has 0 spiro atoms. The highest BCUT2D eigenvalue weighted by Gasteiger charge is 2.44. The Hall–Kier alpha value is -1.80. The Morgan fingerprint density at radius 3 is 1.19 bits per heavy atom. The van der Waals surface area contributed by atoms with Gasteiger partial charge in [0.15, 0.2) is 17.7 Å². The molecule has 0 aromatic carbocycles. The van der Waals surface area contributed by atoms with Gasteiger partial charge in [0.2, 0.25) is 0 Å². The summed E-state index contributed by atoms with van der Waals surface area (Å²) < 4.78 is 43.2. The Kier molecular flexibility index (Phi) is 39.2. The normalized spacial score (nSPS) is 17.4. The van der Waals surface area contributed by atoms with Crippen LogP contribution in [-0.4, -0.2) is 270 Å². The molecule has 0 amide bonds. The number of likely N-dealkylation sites (N-methyl/N-ethyl adjacent to an activating group) is 5. The second-order valence-corrected chi connectivity index (χ2v) is 17.8. The zero-order chi connectivity index (χ0) is 49.4. The molecular formula is C30H73N10O19P3. The third-order valence-electron chi connectivity index (χ3n) is 6.33. The van der Waals surface area contributed by atoms with Crippen molar-refractivity contribution in [3.8, 4) is 0 Å². The van der Waals surface area contributed by atoms with Gasteiger partial charge in [-0.05, 0) is 70.5 Å². The van der Waals surface area contributed by atoms with Crippen LogP contribution in [0.2, 0.25) is 0 Å². The van der Waals surface area contributed by atoms with Crippen molar-refractivity contribution >= 4 is 40.4 Å². The average molecular weight is 971 g/mol. The summed E-state index contributed by atoms with van der Waals surface area (Å²) in [6.07, 6.45) is -1.42. The number of anilines is 1. The van der Waals surface area contributed by atoms with Crippen LogP contribution in [0.3, 0.4) is 0 Å². The molecule has 0 saturated carbocycles. The van der Waals surface area contributed by atoms with Gasteiger partial charge >= 0.3 is 23.5 Å². The van der Waals surface area contributed by atoms with Gasteiger partial charge < -0.3 is 100 Å². The highest BCUT2D eigenvalue weighted by molar-refractivity contribution is 7.66. The zero-order valence-corrected chi connectivity index (χ0v) is 39.6. The first-order valence-corrected chi connectivity index (χ1v) is 22.7.